The lowest BCUT2D eigenvalue weighted by Gasteiger charge is -2.19. The van der Waals surface area contributed by atoms with E-state index in [1.54, 1.807) is 37.5 Å². The lowest BCUT2D eigenvalue weighted by Crippen LogP contribution is -2.38. The van der Waals surface area contributed by atoms with Crippen molar-refractivity contribution < 1.29 is 17.9 Å². The van der Waals surface area contributed by atoms with Crippen LogP contribution in [-0.2, 0) is 21.4 Å². The number of amides is 1. The van der Waals surface area contributed by atoms with E-state index >= 15 is 0 Å². The fourth-order valence-corrected chi connectivity index (χ4v) is 3.69. The highest BCUT2D eigenvalue weighted by atomic mass is 35.5. The summed E-state index contributed by atoms with van der Waals surface area (Å²) in [7, 11) is -2.61. The van der Waals surface area contributed by atoms with Crippen molar-refractivity contribution in [1.82, 2.24) is 14.6 Å². The second-order valence-electron chi connectivity index (χ2n) is 5.42. The molecule has 0 saturated carbocycles. The highest BCUT2D eigenvalue weighted by Crippen LogP contribution is 2.29. The highest BCUT2D eigenvalue weighted by Gasteiger charge is 2.27. The number of nitrogens with one attached hydrogen (secondary N) is 1. The van der Waals surface area contributed by atoms with E-state index in [9.17, 15) is 13.2 Å². The number of halogens is 1. The molecule has 1 aromatic carbocycles. The number of benzene rings is 1. The van der Waals surface area contributed by atoms with Crippen LogP contribution >= 0.6 is 11.6 Å². The SMILES string of the molecule is CCOc1ccc(Cl)cc1S(=O)(=O)N(C)CC(=O)NCc1ccncc1. The largest absolute Gasteiger partial charge is 0.492 e. The zero-order valence-electron chi connectivity index (χ0n) is 14.5. The van der Waals surface area contributed by atoms with E-state index in [4.69, 9.17) is 16.3 Å². The molecule has 0 spiro atoms. The number of hydrogen-bond acceptors (Lipinski definition) is 5. The number of likely N-dealkylation sites (N-methyl/N-ethyl adjacent to an activating group) is 1. The molecule has 26 heavy (non-hydrogen) atoms. The normalized spacial score (nSPS) is 11.4. The number of carbonyl (C=O) groups excluding carboxylic acids is 1. The Morgan fingerprint density at radius 2 is 1.96 bits per heavy atom. The molecule has 0 unspecified atom stereocenters. The van der Waals surface area contributed by atoms with Crippen LogP contribution in [0, 0.1) is 0 Å². The third-order valence-electron chi connectivity index (χ3n) is 3.50. The number of rotatable bonds is 8. The standard InChI is InChI=1S/C17H20ClN3O4S/c1-3-25-15-5-4-14(18)10-16(15)26(23,24)21(2)12-17(22)20-11-13-6-8-19-9-7-13/h4-10H,3,11-12H2,1-2H3,(H,20,22). The first-order valence-corrected chi connectivity index (χ1v) is 9.70. The minimum Gasteiger partial charge on any atom is -0.492 e. The molecule has 0 saturated heterocycles. The van der Waals surface area contributed by atoms with E-state index in [1.807, 2.05) is 0 Å². The molecule has 0 radical (unpaired) electrons. The van der Waals surface area contributed by atoms with Gasteiger partial charge in [0, 0.05) is 31.0 Å². The summed E-state index contributed by atoms with van der Waals surface area (Å²) in [6.45, 7) is 2.02. The number of sulfonamides is 1. The molecule has 0 fully saturated rings. The van der Waals surface area contributed by atoms with Gasteiger partial charge in [0.05, 0.1) is 13.2 Å². The molecule has 1 aromatic heterocycles. The van der Waals surface area contributed by atoms with Crippen LogP contribution in [0.25, 0.3) is 0 Å². The molecule has 140 valence electrons. The van der Waals surface area contributed by atoms with Crippen LogP contribution in [0.15, 0.2) is 47.6 Å². The lowest BCUT2D eigenvalue weighted by atomic mass is 10.3. The maximum absolute atomic E-state index is 12.8. The summed E-state index contributed by atoms with van der Waals surface area (Å²) in [4.78, 5) is 15.9. The average Bonchev–Trinajstić information content (AvgIpc) is 2.62. The Morgan fingerprint density at radius 1 is 1.27 bits per heavy atom. The topological polar surface area (TPSA) is 88.6 Å². The number of pyridine rings is 1. The van der Waals surface area contributed by atoms with Gasteiger partial charge in [0.25, 0.3) is 0 Å². The predicted molar refractivity (Wildman–Crippen MR) is 98.5 cm³/mol. The van der Waals surface area contributed by atoms with Gasteiger partial charge in [0.1, 0.15) is 10.6 Å². The highest BCUT2D eigenvalue weighted by molar-refractivity contribution is 7.89. The van der Waals surface area contributed by atoms with Crippen molar-refractivity contribution in [1.29, 1.82) is 0 Å². The van der Waals surface area contributed by atoms with Crippen molar-refractivity contribution in [3.8, 4) is 5.75 Å². The van der Waals surface area contributed by atoms with E-state index in [0.717, 1.165) is 9.87 Å². The zero-order valence-corrected chi connectivity index (χ0v) is 16.0. The Morgan fingerprint density at radius 3 is 2.62 bits per heavy atom. The van der Waals surface area contributed by atoms with Crippen molar-refractivity contribution in [2.24, 2.45) is 0 Å². The molecule has 0 aliphatic rings. The molecule has 2 aromatic rings. The lowest BCUT2D eigenvalue weighted by molar-refractivity contribution is -0.121. The number of aromatic nitrogens is 1. The van der Waals surface area contributed by atoms with Gasteiger partial charge in [-0.25, -0.2) is 8.42 Å². The van der Waals surface area contributed by atoms with Crippen LogP contribution in [0.4, 0.5) is 0 Å². The predicted octanol–water partition coefficient (Wildman–Crippen LogP) is 2.07. The minimum atomic E-state index is -3.94. The van der Waals surface area contributed by atoms with Gasteiger partial charge < -0.3 is 10.1 Å². The zero-order chi connectivity index (χ0) is 19.2. The number of ether oxygens (including phenoxy) is 1. The molecule has 0 aliphatic carbocycles. The van der Waals surface area contributed by atoms with Gasteiger partial charge in [0.15, 0.2) is 0 Å². The molecule has 0 bridgehead atoms. The third kappa shape index (κ3) is 5.17. The summed E-state index contributed by atoms with van der Waals surface area (Å²) < 4.78 is 31.9. The van der Waals surface area contributed by atoms with Crippen molar-refractivity contribution >= 4 is 27.5 Å². The van der Waals surface area contributed by atoms with Crippen LogP contribution in [0.5, 0.6) is 5.75 Å². The third-order valence-corrected chi connectivity index (χ3v) is 5.56. The molecular weight excluding hydrogens is 378 g/mol. The fourth-order valence-electron chi connectivity index (χ4n) is 2.17. The summed E-state index contributed by atoms with van der Waals surface area (Å²) in [6, 6.07) is 7.89. The molecule has 2 rings (SSSR count). The van der Waals surface area contributed by atoms with Gasteiger partial charge in [-0.05, 0) is 42.8 Å². The molecule has 1 heterocycles. The Balaban J connectivity index is 2.09. The summed E-state index contributed by atoms with van der Waals surface area (Å²) in [5.74, 6) is -0.228. The Hall–Kier alpha value is -2.16. The maximum Gasteiger partial charge on any atom is 0.247 e. The number of hydrogen-bond donors (Lipinski definition) is 1. The van der Waals surface area contributed by atoms with E-state index in [-0.39, 0.29) is 28.8 Å². The first-order chi connectivity index (χ1) is 12.3. The number of nitrogens with zero attached hydrogens (tertiary/aromatic N) is 2. The van der Waals surface area contributed by atoms with Crippen LogP contribution in [0.2, 0.25) is 5.02 Å². The second-order valence-corrected chi connectivity index (χ2v) is 7.87. The Bertz CT molecular complexity index is 860. The fraction of sp³-hybridized carbons (Fsp3) is 0.294. The van der Waals surface area contributed by atoms with E-state index < -0.39 is 15.9 Å². The van der Waals surface area contributed by atoms with Crippen molar-refractivity contribution in [2.75, 3.05) is 20.2 Å². The average molecular weight is 398 g/mol. The Labute approximate surface area is 158 Å². The van der Waals surface area contributed by atoms with Crippen LogP contribution in [0.3, 0.4) is 0 Å². The Kier molecular flexibility index (Phi) is 6.96. The summed E-state index contributed by atoms with van der Waals surface area (Å²) in [6.07, 6.45) is 3.24. The minimum absolute atomic E-state index is 0.0729. The van der Waals surface area contributed by atoms with Crippen molar-refractivity contribution in [3.05, 3.63) is 53.3 Å². The van der Waals surface area contributed by atoms with Crippen molar-refractivity contribution in [2.45, 2.75) is 18.4 Å². The first-order valence-electron chi connectivity index (χ1n) is 7.89. The van der Waals surface area contributed by atoms with Crippen molar-refractivity contribution in [3.63, 3.8) is 0 Å². The monoisotopic (exact) mass is 397 g/mol. The van der Waals surface area contributed by atoms with E-state index in [2.05, 4.69) is 10.3 Å². The molecule has 0 aliphatic heterocycles. The van der Waals surface area contributed by atoms with Crippen LogP contribution < -0.4 is 10.1 Å². The smallest absolute Gasteiger partial charge is 0.247 e. The van der Waals surface area contributed by atoms with Crippen LogP contribution in [0.1, 0.15) is 12.5 Å². The molecule has 7 nitrogen and oxygen atoms in total. The second kappa shape index (κ2) is 8.98. The molecule has 9 heteroatoms. The molecule has 1 amide bonds. The van der Waals surface area contributed by atoms with E-state index in [1.165, 1.54) is 19.2 Å². The molecule has 0 atom stereocenters. The van der Waals surface area contributed by atoms with E-state index in [0.29, 0.717) is 6.61 Å². The molecular formula is C17H20ClN3O4S. The van der Waals surface area contributed by atoms with Gasteiger partial charge >= 0.3 is 0 Å². The van der Waals surface area contributed by atoms with Crippen LogP contribution in [-0.4, -0.2) is 43.8 Å². The molecule has 1 N–H and O–H groups in total. The first kappa shape index (κ1) is 20.2. The maximum atomic E-state index is 12.8. The number of carbonyl (C=O) groups is 1. The van der Waals surface area contributed by atoms with Gasteiger partial charge in [-0.1, -0.05) is 11.6 Å². The van der Waals surface area contributed by atoms with Gasteiger partial charge in [-0.2, -0.15) is 4.31 Å². The van der Waals surface area contributed by atoms with Gasteiger partial charge in [-0.15, -0.1) is 0 Å². The van der Waals surface area contributed by atoms with Gasteiger partial charge in [0.2, 0.25) is 15.9 Å². The summed E-state index contributed by atoms with van der Waals surface area (Å²) in [5.41, 5.74) is 0.868. The summed E-state index contributed by atoms with van der Waals surface area (Å²) in [5, 5.41) is 2.94. The van der Waals surface area contributed by atoms with Gasteiger partial charge in [-0.3, -0.25) is 9.78 Å². The summed E-state index contributed by atoms with van der Waals surface area (Å²) >= 11 is 5.93. The quantitative estimate of drug-likeness (QED) is 0.736.